The van der Waals surface area contributed by atoms with E-state index in [1.165, 1.54) is 0 Å². The maximum Gasteiger partial charge on any atom is 0.437 e. The second-order valence-electron chi connectivity index (χ2n) is 10.6. The summed E-state index contributed by atoms with van der Waals surface area (Å²) in [7, 11) is 12.5. The van der Waals surface area contributed by atoms with Crippen molar-refractivity contribution in [1.82, 2.24) is 12.9 Å². The third-order valence-electron chi connectivity index (χ3n) is 6.16. The second kappa shape index (κ2) is 15.0. The molecule has 0 unspecified atom stereocenters. The first-order valence-corrected chi connectivity index (χ1v) is 13.4. The van der Waals surface area contributed by atoms with Crippen LogP contribution in [0.2, 0.25) is 0 Å². The van der Waals surface area contributed by atoms with E-state index >= 15 is 8.78 Å². The summed E-state index contributed by atoms with van der Waals surface area (Å²) in [5, 5.41) is 0. The molecule has 4 nitrogen and oxygen atoms in total. The quantitative estimate of drug-likeness (QED) is 0.170. The standard InChI is InChI=1S/C14F30O.C6H18N3S/c15-1(7(21,22)23,8(24,25)26)5(19,2(16,9(27,28)29)10(30,31)32)45-6(20,3(17,11(33,34)35)12(36,37)38)4(18,13(39,40)41)14(42,43)44;1-7(2)10(8(3)4)9(5)6/h;1-6H3/q;+1. The molecular formula is C20H18F30N3OS+. The Morgan fingerprint density at radius 1 is 0.255 bits per heavy atom. The molecule has 0 radical (unpaired) electrons. The molecule has 0 saturated heterocycles. The molecule has 0 amide bonds. The normalized spacial score (nSPS) is 16.4. The number of halogens is 30. The Morgan fingerprint density at radius 3 is 0.418 bits per heavy atom. The zero-order chi connectivity index (χ0) is 46.0. The Labute approximate surface area is 288 Å². The van der Waals surface area contributed by atoms with Gasteiger partial charge in [0.05, 0.1) is 0 Å². The summed E-state index contributed by atoms with van der Waals surface area (Å²) in [5.41, 5.74) is -41.1. The molecule has 55 heavy (non-hydrogen) atoms. The zero-order valence-corrected chi connectivity index (χ0v) is 27.3. The SMILES string of the molecule is CN(C)[S+](N(C)C)N(C)C.FC(F)(F)C(F)(C(F)(F)F)C(F)(OC(F)(C(F)(C(F)(F)F)C(F)(F)F)C(F)(C(F)(F)F)C(F)(F)F)C(F)(C(F)(F)F)C(F)(F)F. The molecule has 0 aliphatic carbocycles. The molecule has 0 fully saturated rings. The van der Waals surface area contributed by atoms with Crippen LogP contribution >= 0.6 is 0 Å². The maximum absolute atomic E-state index is 15.1. The van der Waals surface area contributed by atoms with E-state index < -0.39 is 83.8 Å². The summed E-state index contributed by atoms with van der Waals surface area (Å²) in [6.07, 6.45) is -76.1. The van der Waals surface area contributed by atoms with Gasteiger partial charge in [0, 0.05) is 42.3 Å². The minimum absolute atomic E-state index is 0.120. The first-order valence-electron chi connectivity index (χ1n) is 12.3. The predicted octanol–water partition coefficient (Wildman–Crippen LogP) is 9.70. The number of rotatable bonds is 9. The van der Waals surface area contributed by atoms with Crippen LogP contribution in [-0.2, 0) is 16.2 Å². The van der Waals surface area contributed by atoms with Crippen LogP contribution in [0.15, 0.2) is 0 Å². The molecule has 0 N–H and O–H groups in total. The molecular weight excluding hydrogens is 900 g/mol. The van der Waals surface area contributed by atoms with E-state index in [0.29, 0.717) is 4.74 Å². The van der Waals surface area contributed by atoms with Crippen LogP contribution in [0.4, 0.5) is 132 Å². The minimum Gasteiger partial charge on any atom is -0.295 e. The monoisotopic (exact) mass is 918 g/mol. The fourth-order valence-corrected chi connectivity index (χ4v) is 5.99. The van der Waals surface area contributed by atoms with E-state index in [2.05, 4.69) is 55.2 Å². The van der Waals surface area contributed by atoms with Crippen LogP contribution in [0.3, 0.4) is 0 Å². The summed E-state index contributed by atoms with van der Waals surface area (Å²) < 4.78 is 406. The van der Waals surface area contributed by atoms with Crippen molar-refractivity contribution in [2.24, 2.45) is 0 Å². The number of nitrogens with zero attached hydrogens (tertiary/aromatic N) is 3. The summed E-state index contributed by atoms with van der Waals surface area (Å²) in [6, 6.07) is 0. The molecule has 334 valence electrons. The molecule has 0 atom stereocenters. The lowest BCUT2D eigenvalue weighted by Crippen LogP contribution is -2.87. The van der Waals surface area contributed by atoms with E-state index in [4.69, 9.17) is 0 Å². The Morgan fingerprint density at radius 2 is 0.364 bits per heavy atom. The summed E-state index contributed by atoms with van der Waals surface area (Å²) in [5.74, 6) is -21.5. The lowest BCUT2D eigenvalue weighted by molar-refractivity contribution is -0.557. The second-order valence-corrected chi connectivity index (χ2v) is 13.3. The molecule has 0 aromatic carbocycles. The van der Waals surface area contributed by atoms with E-state index in [0.717, 1.165) is 0 Å². The molecule has 0 saturated carbocycles. The average Bonchev–Trinajstić information content (AvgIpc) is 2.85. The summed E-state index contributed by atoms with van der Waals surface area (Å²) >= 11 is 0.120. The Bertz CT molecular complexity index is 1030. The highest BCUT2D eigenvalue weighted by atomic mass is 32.2. The van der Waals surface area contributed by atoms with Crippen LogP contribution in [0.1, 0.15) is 0 Å². The number of hydrogen-bond donors (Lipinski definition) is 0. The van der Waals surface area contributed by atoms with Crippen LogP contribution in [0.25, 0.3) is 0 Å². The van der Waals surface area contributed by atoms with Crippen molar-refractivity contribution >= 4 is 11.5 Å². The Hall–Kier alpha value is -1.91. The van der Waals surface area contributed by atoms with Crippen LogP contribution in [0, 0.1) is 0 Å². The van der Waals surface area contributed by atoms with Gasteiger partial charge in [0.2, 0.25) is 0 Å². The van der Waals surface area contributed by atoms with Gasteiger partial charge in [-0.05, 0) is 0 Å². The molecule has 35 heteroatoms. The van der Waals surface area contributed by atoms with Crippen molar-refractivity contribution in [3.8, 4) is 0 Å². The topological polar surface area (TPSA) is 19.0 Å². The highest BCUT2D eigenvalue weighted by Gasteiger charge is 3.04. The van der Waals surface area contributed by atoms with Gasteiger partial charge in [0.25, 0.3) is 11.5 Å². The third-order valence-corrected chi connectivity index (χ3v) is 8.12. The summed E-state index contributed by atoms with van der Waals surface area (Å²) in [4.78, 5) is 0. The van der Waals surface area contributed by atoms with Gasteiger partial charge in [0.15, 0.2) is 0 Å². The lowest BCUT2D eigenvalue weighted by atomic mass is 9.76. The molecule has 0 aliphatic rings. The minimum atomic E-state index is -10.8. The average molecular weight is 918 g/mol. The number of ether oxygens (including phenoxy) is 1. The zero-order valence-electron chi connectivity index (χ0n) is 26.5. The van der Waals surface area contributed by atoms with E-state index in [1.54, 1.807) is 0 Å². The van der Waals surface area contributed by atoms with Crippen molar-refractivity contribution < 1.29 is 136 Å². The van der Waals surface area contributed by atoms with Crippen molar-refractivity contribution in [2.45, 2.75) is 83.8 Å². The van der Waals surface area contributed by atoms with Gasteiger partial charge in [-0.15, -0.1) is 0 Å². The fraction of sp³-hybridized carbons (Fsp3) is 1.00. The van der Waals surface area contributed by atoms with E-state index in [-0.39, 0.29) is 11.5 Å². The molecule has 0 spiro atoms. The van der Waals surface area contributed by atoms with E-state index in [1.807, 2.05) is 0 Å². The van der Waals surface area contributed by atoms with Gasteiger partial charge in [-0.2, -0.15) is 105 Å². The van der Waals surface area contributed by atoms with Crippen molar-refractivity contribution in [3.05, 3.63) is 0 Å². The number of hydrogen-bond acceptors (Lipinski definition) is 4. The van der Waals surface area contributed by atoms with Gasteiger partial charge < -0.3 is 0 Å². The van der Waals surface area contributed by atoms with Gasteiger partial charge in [-0.3, -0.25) is 4.74 Å². The van der Waals surface area contributed by atoms with E-state index in [9.17, 15) is 123 Å². The lowest BCUT2D eigenvalue weighted by Gasteiger charge is -2.54. The van der Waals surface area contributed by atoms with Gasteiger partial charge in [0.1, 0.15) is 0 Å². The highest BCUT2D eigenvalue weighted by molar-refractivity contribution is 7.90. The molecule has 0 aliphatic heterocycles. The summed E-state index contributed by atoms with van der Waals surface area (Å²) in [6.45, 7) is 0. The Kier molecular flexibility index (Phi) is 15.1. The van der Waals surface area contributed by atoms with Crippen LogP contribution in [0.5, 0.6) is 0 Å². The molecule has 0 bridgehead atoms. The van der Waals surface area contributed by atoms with Crippen LogP contribution < -0.4 is 0 Å². The maximum atomic E-state index is 15.1. The fourth-order valence-electron chi connectivity index (χ4n) is 4.03. The first kappa shape index (κ1) is 55.2. The molecule has 0 heterocycles. The Balaban J connectivity index is 0. The molecule has 0 aromatic rings. The molecule has 0 rings (SSSR count). The molecule has 0 aromatic heterocycles. The van der Waals surface area contributed by atoms with Crippen molar-refractivity contribution in [2.75, 3.05) is 42.3 Å². The van der Waals surface area contributed by atoms with Crippen LogP contribution in [-0.4, -0.2) is 139 Å². The third kappa shape index (κ3) is 8.49. The first-order chi connectivity index (χ1) is 23.2. The van der Waals surface area contributed by atoms with Crippen molar-refractivity contribution in [1.29, 1.82) is 0 Å². The van der Waals surface area contributed by atoms with Crippen molar-refractivity contribution in [3.63, 3.8) is 0 Å². The largest absolute Gasteiger partial charge is 0.437 e. The van der Waals surface area contributed by atoms with Gasteiger partial charge in [-0.1, -0.05) is 12.9 Å². The van der Waals surface area contributed by atoms with Gasteiger partial charge in [-0.25, -0.2) is 26.3 Å². The highest BCUT2D eigenvalue weighted by Crippen LogP contribution is 2.71. The van der Waals surface area contributed by atoms with Gasteiger partial charge >= 0.3 is 83.8 Å². The number of alkyl halides is 30. The smallest absolute Gasteiger partial charge is 0.295 e. The predicted molar refractivity (Wildman–Crippen MR) is 121 cm³/mol.